The van der Waals surface area contributed by atoms with E-state index >= 15 is 0 Å². The molecule has 0 spiro atoms. The second kappa shape index (κ2) is 14.2. The number of esters is 2. The van der Waals surface area contributed by atoms with Crippen LogP contribution in [0.15, 0.2) is 34.9 Å². The molecule has 0 aliphatic heterocycles. The lowest BCUT2D eigenvalue weighted by Crippen LogP contribution is -2.16. The standard InChI is InChI=1S/C23H33ClO5/c1-4-5-8-12-19(29-17(2)25)14-15-20-18(16-21(24)23(20)27)11-9-6-7-10-13-22(26)28-3/h6,9,15-16,18-19H,4-5,7-8,10-14H2,1-3H3/b9-6-,20-15+/t18-,19-/m0/s1. The van der Waals surface area contributed by atoms with Crippen LogP contribution in [0.5, 0.6) is 0 Å². The van der Waals surface area contributed by atoms with Crippen LogP contribution in [0.25, 0.3) is 0 Å². The van der Waals surface area contributed by atoms with Gasteiger partial charge in [-0.1, -0.05) is 55.7 Å². The van der Waals surface area contributed by atoms with E-state index in [1.807, 2.05) is 18.2 Å². The van der Waals surface area contributed by atoms with Crippen LogP contribution in [0.1, 0.15) is 71.6 Å². The molecule has 0 amide bonds. The molecule has 0 fully saturated rings. The van der Waals surface area contributed by atoms with Crippen LogP contribution in [0.3, 0.4) is 0 Å². The van der Waals surface area contributed by atoms with E-state index in [4.69, 9.17) is 16.3 Å². The number of carbonyl (C=O) groups is 3. The Hall–Kier alpha value is -1.88. The van der Waals surface area contributed by atoms with Crippen molar-refractivity contribution in [1.82, 2.24) is 0 Å². The van der Waals surface area contributed by atoms with Crippen LogP contribution in [-0.2, 0) is 23.9 Å². The van der Waals surface area contributed by atoms with Crippen molar-refractivity contribution in [2.75, 3.05) is 7.11 Å². The van der Waals surface area contributed by atoms with Crippen molar-refractivity contribution in [2.24, 2.45) is 5.92 Å². The van der Waals surface area contributed by atoms with Crippen molar-refractivity contribution in [1.29, 1.82) is 0 Å². The Labute approximate surface area is 179 Å². The number of carbonyl (C=O) groups excluding carboxylic acids is 3. The third-order valence-corrected chi connectivity index (χ3v) is 5.12. The van der Waals surface area contributed by atoms with Gasteiger partial charge < -0.3 is 9.47 Å². The fourth-order valence-electron chi connectivity index (χ4n) is 3.25. The summed E-state index contributed by atoms with van der Waals surface area (Å²) in [4.78, 5) is 34.9. The molecule has 0 aromatic heterocycles. The third kappa shape index (κ3) is 9.93. The highest BCUT2D eigenvalue weighted by Gasteiger charge is 2.28. The van der Waals surface area contributed by atoms with Gasteiger partial charge in [0.25, 0.3) is 0 Å². The van der Waals surface area contributed by atoms with Gasteiger partial charge >= 0.3 is 11.9 Å². The molecule has 29 heavy (non-hydrogen) atoms. The molecule has 5 nitrogen and oxygen atoms in total. The summed E-state index contributed by atoms with van der Waals surface area (Å²) in [6.07, 6.45) is 14.5. The summed E-state index contributed by atoms with van der Waals surface area (Å²) in [6.45, 7) is 3.54. The van der Waals surface area contributed by atoms with Crippen LogP contribution < -0.4 is 0 Å². The Morgan fingerprint density at radius 3 is 2.66 bits per heavy atom. The first-order valence-electron chi connectivity index (χ1n) is 10.4. The van der Waals surface area contributed by atoms with Gasteiger partial charge in [-0.25, -0.2) is 0 Å². The molecule has 162 valence electrons. The number of methoxy groups -OCH3 is 1. The number of ether oxygens (including phenoxy) is 2. The summed E-state index contributed by atoms with van der Waals surface area (Å²) in [5.41, 5.74) is 0.668. The SMILES string of the molecule is CCCCC[C@@H](C/C=C1/C(=O)C(Cl)=C[C@@H]1C/C=C\CCCC(=O)OC)OC(C)=O. The molecule has 0 saturated carbocycles. The largest absolute Gasteiger partial charge is 0.469 e. The van der Waals surface area contributed by atoms with Crippen molar-refractivity contribution in [3.05, 3.63) is 34.9 Å². The Morgan fingerprint density at radius 1 is 1.24 bits per heavy atom. The summed E-state index contributed by atoms with van der Waals surface area (Å²) in [5, 5.41) is 0.246. The molecule has 1 aliphatic rings. The maximum atomic E-state index is 12.4. The van der Waals surface area contributed by atoms with Gasteiger partial charge in [0.15, 0.2) is 5.78 Å². The maximum absolute atomic E-state index is 12.4. The van der Waals surface area contributed by atoms with Gasteiger partial charge in [0.05, 0.1) is 12.1 Å². The molecule has 0 bridgehead atoms. The second-order valence-electron chi connectivity index (χ2n) is 7.25. The Morgan fingerprint density at radius 2 is 2.00 bits per heavy atom. The molecule has 2 atom stereocenters. The predicted molar refractivity (Wildman–Crippen MR) is 114 cm³/mol. The van der Waals surface area contributed by atoms with Crippen LogP contribution in [0.2, 0.25) is 0 Å². The average Bonchev–Trinajstić information content (AvgIpc) is 2.95. The number of Topliss-reactive ketones (excluding diaryl/α,β-unsaturated/α-hetero) is 1. The van der Waals surface area contributed by atoms with E-state index in [1.165, 1.54) is 14.0 Å². The van der Waals surface area contributed by atoms with E-state index in [0.717, 1.165) is 38.5 Å². The summed E-state index contributed by atoms with van der Waals surface area (Å²) < 4.78 is 10.0. The first-order valence-corrected chi connectivity index (χ1v) is 10.8. The fourth-order valence-corrected chi connectivity index (χ4v) is 3.52. The molecule has 1 aliphatic carbocycles. The maximum Gasteiger partial charge on any atom is 0.305 e. The smallest absolute Gasteiger partial charge is 0.305 e. The van der Waals surface area contributed by atoms with Gasteiger partial charge in [-0.15, -0.1) is 0 Å². The van der Waals surface area contributed by atoms with Crippen LogP contribution in [0.4, 0.5) is 0 Å². The lowest BCUT2D eigenvalue weighted by atomic mass is 9.95. The van der Waals surface area contributed by atoms with Crippen molar-refractivity contribution in [2.45, 2.75) is 77.7 Å². The molecule has 1 rings (SSSR count). The first kappa shape index (κ1) is 25.2. The highest BCUT2D eigenvalue weighted by atomic mass is 35.5. The minimum absolute atomic E-state index is 0.0690. The lowest BCUT2D eigenvalue weighted by molar-refractivity contribution is -0.146. The van der Waals surface area contributed by atoms with Crippen molar-refractivity contribution < 1.29 is 23.9 Å². The number of hydrogen-bond acceptors (Lipinski definition) is 5. The minimum atomic E-state index is -0.301. The minimum Gasteiger partial charge on any atom is -0.469 e. The van der Waals surface area contributed by atoms with E-state index in [-0.39, 0.29) is 34.8 Å². The molecular formula is C23H33ClO5. The number of rotatable bonds is 13. The number of unbranched alkanes of at least 4 members (excludes halogenated alkanes) is 3. The Balaban J connectivity index is 2.64. The Bertz CT molecular complexity index is 648. The van der Waals surface area contributed by atoms with Crippen LogP contribution in [0, 0.1) is 5.92 Å². The quantitative estimate of drug-likeness (QED) is 0.171. The van der Waals surface area contributed by atoms with Crippen molar-refractivity contribution in [3.63, 3.8) is 0 Å². The summed E-state index contributed by atoms with van der Waals surface area (Å²) >= 11 is 6.08. The van der Waals surface area contributed by atoms with E-state index in [9.17, 15) is 14.4 Å². The van der Waals surface area contributed by atoms with Crippen molar-refractivity contribution >= 4 is 29.3 Å². The molecule has 0 heterocycles. The predicted octanol–water partition coefficient (Wildman–Crippen LogP) is 5.43. The van der Waals surface area contributed by atoms with Gasteiger partial charge in [0, 0.05) is 31.3 Å². The zero-order valence-electron chi connectivity index (χ0n) is 17.7. The van der Waals surface area contributed by atoms with Gasteiger partial charge in [-0.05, 0) is 32.1 Å². The van der Waals surface area contributed by atoms with Crippen LogP contribution in [-0.4, -0.2) is 30.9 Å². The van der Waals surface area contributed by atoms with Gasteiger partial charge in [-0.2, -0.15) is 0 Å². The molecule has 0 saturated heterocycles. The molecular weight excluding hydrogens is 392 g/mol. The number of halogens is 1. The molecule has 0 unspecified atom stereocenters. The van der Waals surface area contributed by atoms with E-state index in [1.54, 1.807) is 6.08 Å². The summed E-state index contributed by atoms with van der Waals surface area (Å²) in [6, 6.07) is 0. The molecule has 0 radical (unpaired) electrons. The molecule has 0 aromatic carbocycles. The van der Waals surface area contributed by atoms with E-state index < -0.39 is 0 Å². The number of ketones is 1. The topological polar surface area (TPSA) is 69.7 Å². The monoisotopic (exact) mass is 424 g/mol. The van der Waals surface area contributed by atoms with Gasteiger partial charge in [0.1, 0.15) is 6.10 Å². The van der Waals surface area contributed by atoms with Gasteiger partial charge in [-0.3, -0.25) is 14.4 Å². The summed E-state index contributed by atoms with van der Waals surface area (Å²) in [7, 11) is 1.38. The van der Waals surface area contributed by atoms with Crippen molar-refractivity contribution in [3.8, 4) is 0 Å². The fraction of sp³-hybridized carbons (Fsp3) is 0.609. The van der Waals surface area contributed by atoms with E-state index in [2.05, 4.69) is 11.7 Å². The van der Waals surface area contributed by atoms with Gasteiger partial charge in [0.2, 0.25) is 0 Å². The number of allylic oxidation sites excluding steroid dienone is 5. The normalized spacial score (nSPS) is 18.9. The molecule has 0 N–H and O–H groups in total. The second-order valence-corrected chi connectivity index (χ2v) is 7.66. The summed E-state index contributed by atoms with van der Waals surface area (Å²) in [5.74, 6) is -0.724. The van der Waals surface area contributed by atoms with E-state index in [0.29, 0.717) is 24.8 Å². The molecule has 6 heteroatoms. The first-order chi connectivity index (χ1) is 13.9. The third-order valence-electron chi connectivity index (χ3n) is 4.83. The molecule has 0 aromatic rings. The van der Waals surface area contributed by atoms with Crippen LogP contribution >= 0.6 is 11.6 Å². The zero-order chi connectivity index (χ0) is 21.6. The lowest BCUT2D eigenvalue weighted by Gasteiger charge is -2.16. The highest BCUT2D eigenvalue weighted by Crippen LogP contribution is 2.32. The zero-order valence-corrected chi connectivity index (χ0v) is 18.5. The highest BCUT2D eigenvalue weighted by molar-refractivity contribution is 6.46. The number of hydrogen-bond donors (Lipinski definition) is 0. The Kier molecular flexibility index (Phi) is 12.3. The average molecular weight is 425 g/mol.